The lowest BCUT2D eigenvalue weighted by molar-refractivity contribution is -0.116. The smallest absolute Gasteiger partial charge is 0.236 e. The monoisotopic (exact) mass is 305 g/mol. The predicted octanol–water partition coefficient (Wildman–Crippen LogP) is 2.67. The molecule has 2 heterocycles. The molecule has 0 atom stereocenters. The SMILES string of the molecule is COc1ccc(-c2csc(/N=C3/NC(=O)CS3)n2)cc1. The summed E-state index contributed by atoms with van der Waals surface area (Å²) in [4.78, 5) is 19.9. The molecule has 0 saturated carbocycles. The van der Waals surface area contributed by atoms with Gasteiger partial charge in [0.2, 0.25) is 11.0 Å². The van der Waals surface area contributed by atoms with Gasteiger partial charge >= 0.3 is 0 Å². The van der Waals surface area contributed by atoms with Crippen molar-refractivity contribution in [2.45, 2.75) is 0 Å². The van der Waals surface area contributed by atoms with Crippen LogP contribution in [0.15, 0.2) is 34.6 Å². The van der Waals surface area contributed by atoms with E-state index in [4.69, 9.17) is 4.74 Å². The molecule has 0 bridgehead atoms. The van der Waals surface area contributed by atoms with E-state index in [9.17, 15) is 4.79 Å². The van der Waals surface area contributed by atoms with Gasteiger partial charge in [-0.2, -0.15) is 4.99 Å². The summed E-state index contributed by atoms with van der Waals surface area (Å²) in [7, 11) is 1.64. The fourth-order valence-electron chi connectivity index (χ4n) is 1.68. The first-order chi connectivity index (χ1) is 9.74. The van der Waals surface area contributed by atoms with E-state index in [-0.39, 0.29) is 5.91 Å². The highest BCUT2D eigenvalue weighted by Crippen LogP contribution is 2.28. The highest BCUT2D eigenvalue weighted by molar-refractivity contribution is 8.15. The summed E-state index contributed by atoms with van der Waals surface area (Å²) >= 11 is 2.84. The molecule has 2 aromatic rings. The third-order valence-electron chi connectivity index (χ3n) is 2.66. The summed E-state index contributed by atoms with van der Waals surface area (Å²) in [6.07, 6.45) is 0. The number of aliphatic imine (C=N–C) groups is 1. The summed E-state index contributed by atoms with van der Waals surface area (Å²) in [5.41, 5.74) is 1.88. The lowest BCUT2D eigenvalue weighted by Gasteiger charge is -2.00. The van der Waals surface area contributed by atoms with Crippen LogP contribution < -0.4 is 10.1 Å². The molecule has 1 aromatic heterocycles. The molecular weight excluding hydrogens is 294 g/mol. The topological polar surface area (TPSA) is 63.6 Å². The fraction of sp³-hybridized carbons (Fsp3) is 0.154. The number of thioether (sulfide) groups is 1. The van der Waals surface area contributed by atoms with Crippen LogP contribution >= 0.6 is 23.1 Å². The van der Waals surface area contributed by atoms with Gasteiger partial charge in [-0.25, -0.2) is 4.98 Å². The average Bonchev–Trinajstić information content (AvgIpc) is 3.09. The van der Waals surface area contributed by atoms with Gasteiger partial charge < -0.3 is 10.1 Å². The molecule has 1 aromatic carbocycles. The molecular formula is C13H11N3O2S2. The Labute approximate surface area is 124 Å². The molecule has 1 N–H and O–H groups in total. The Kier molecular flexibility index (Phi) is 3.70. The number of carbonyl (C=O) groups excluding carboxylic acids is 1. The van der Waals surface area contributed by atoms with E-state index >= 15 is 0 Å². The number of thiazole rings is 1. The molecule has 0 unspecified atom stereocenters. The largest absolute Gasteiger partial charge is 0.497 e. The van der Waals surface area contributed by atoms with Crippen molar-refractivity contribution in [3.8, 4) is 17.0 Å². The van der Waals surface area contributed by atoms with Crippen molar-refractivity contribution in [3.05, 3.63) is 29.6 Å². The highest BCUT2D eigenvalue weighted by atomic mass is 32.2. The fourth-order valence-corrected chi connectivity index (χ4v) is 3.12. The van der Waals surface area contributed by atoms with Crippen LogP contribution in [-0.2, 0) is 4.79 Å². The molecule has 102 valence electrons. The van der Waals surface area contributed by atoms with Crippen molar-refractivity contribution in [2.75, 3.05) is 12.9 Å². The minimum atomic E-state index is -0.0133. The predicted molar refractivity (Wildman–Crippen MR) is 81.8 cm³/mol. The Morgan fingerprint density at radius 1 is 1.35 bits per heavy atom. The second kappa shape index (κ2) is 5.64. The second-order valence-electron chi connectivity index (χ2n) is 4.00. The molecule has 1 fully saturated rings. The van der Waals surface area contributed by atoms with Gasteiger partial charge in [-0.3, -0.25) is 4.79 Å². The van der Waals surface area contributed by atoms with Gasteiger partial charge in [0, 0.05) is 10.9 Å². The van der Waals surface area contributed by atoms with Crippen LogP contribution in [0, 0.1) is 0 Å². The summed E-state index contributed by atoms with van der Waals surface area (Å²) < 4.78 is 5.13. The van der Waals surface area contributed by atoms with E-state index in [0.29, 0.717) is 16.1 Å². The number of nitrogens with one attached hydrogen (secondary N) is 1. The Bertz CT molecular complexity index is 665. The number of ether oxygens (including phenoxy) is 1. The number of amidine groups is 1. The van der Waals surface area contributed by atoms with E-state index in [2.05, 4.69) is 15.3 Å². The van der Waals surface area contributed by atoms with Crippen LogP contribution in [0.2, 0.25) is 0 Å². The maximum absolute atomic E-state index is 11.1. The maximum atomic E-state index is 11.1. The molecule has 1 amide bonds. The van der Waals surface area contributed by atoms with Crippen molar-refractivity contribution in [1.29, 1.82) is 0 Å². The number of aromatic nitrogens is 1. The lowest BCUT2D eigenvalue weighted by Crippen LogP contribution is -2.19. The van der Waals surface area contributed by atoms with Crippen LogP contribution in [0.1, 0.15) is 0 Å². The minimum Gasteiger partial charge on any atom is -0.497 e. The number of amides is 1. The minimum absolute atomic E-state index is 0.0133. The normalized spacial score (nSPS) is 16.4. The number of methoxy groups -OCH3 is 1. The number of benzene rings is 1. The maximum Gasteiger partial charge on any atom is 0.236 e. The number of hydrogen-bond acceptors (Lipinski definition) is 6. The Balaban J connectivity index is 1.80. The van der Waals surface area contributed by atoms with E-state index in [1.807, 2.05) is 29.6 Å². The third kappa shape index (κ3) is 2.83. The van der Waals surface area contributed by atoms with E-state index in [1.54, 1.807) is 7.11 Å². The quantitative estimate of drug-likeness (QED) is 0.947. The second-order valence-corrected chi connectivity index (χ2v) is 5.80. The molecule has 20 heavy (non-hydrogen) atoms. The van der Waals surface area contributed by atoms with Crippen molar-refractivity contribution < 1.29 is 9.53 Å². The van der Waals surface area contributed by atoms with Crippen LogP contribution in [0.4, 0.5) is 5.13 Å². The van der Waals surface area contributed by atoms with Crippen LogP contribution in [0.3, 0.4) is 0 Å². The molecule has 0 spiro atoms. The van der Waals surface area contributed by atoms with Crippen molar-refractivity contribution in [3.63, 3.8) is 0 Å². The first-order valence-electron chi connectivity index (χ1n) is 5.86. The Morgan fingerprint density at radius 3 is 2.80 bits per heavy atom. The molecule has 7 heteroatoms. The van der Waals surface area contributed by atoms with Gasteiger partial charge in [0.25, 0.3) is 0 Å². The zero-order valence-corrected chi connectivity index (χ0v) is 12.3. The Hall–Kier alpha value is -1.86. The molecule has 1 aliphatic heterocycles. The molecule has 1 aliphatic rings. The first-order valence-corrected chi connectivity index (χ1v) is 7.72. The van der Waals surface area contributed by atoms with Crippen molar-refractivity contribution >= 4 is 39.3 Å². The van der Waals surface area contributed by atoms with Gasteiger partial charge in [0.15, 0.2) is 5.17 Å². The molecule has 1 saturated heterocycles. The summed E-state index contributed by atoms with van der Waals surface area (Å²) in [6, 6.07) is 7.70. The van der Waals surface area contributed by atoms with Crippen LogP contribution in [-0.4, -0.2) is 28.9 Å². The van der Waals surface area contributed by atoms with Gasteiger partial charge in [0.05, 0.1) is 18.6 Å². The van der Waals surface area contributed by atoms with E-state index in [0.717, 1.165) is 17.0 Å². The summed E-state index contributed by atoms with van der Waals surface area (Å²) in [5.74, 6) is 1.23. The van der Waals surface area contributed by atoms with E-state index < -0.39 is 0 Å². The van der Waals surface area contributed by atoms with Crippen molar-refractivity contribution in [1.82, 2.24) is 10.3 Å². The van der Waals surface area contributed by atoms with Gasteiger partial charge in [-0.1, -0.05) is 11.8 Å². The molecule has 0 aliphatic carbocycles. The number of carbonyl (C=O) groups is 1. The van der Waals surface area contributed by atoms with Gasteiger partial charge in [-0.05, 0) is 24.3 Å². The number of hydrogen-bond donors (Lipinski definition) is 1. The van der Waals surface area contributed by atoms with Gasteiger partial charge in [0.1, 0.15) is 5.75 Å². The average molecular weight is 305 g/mol. The van der Waals surface area contributed by atoms with Crippen LogP contribution in [0.5, 0.6) is 5.75 Å². The highest BCUT2D eigenvalue weighted by Gasteiger charge is 2.17. The summed E-state index contributed by atoms with van der Waals surface area (Å²) in [5, 5.41) is 5.89. The van der Waals surface area contributed by atoms with E-state index in [1.165, 1.54) is 23.1 Å². The van der Waals surface area contributed by atoms with Crippen molar-refractivity contribution in [2.24, 2.45) is 4.99 Å². The Morgan fingerprint density at radius 2 is 2.15 bits per heavy atom. The van der Waals surface area contributed by atoms with Gasteiger partial charge in [-0.15, -0.1) is 11.3 Å². The molecule has 3 rings (SSSR count). The zero-order valence-electron chi connectivity index (χ0n) is 10.6. The lowest BCUT2D eigenvalue weighted by atomic mass is 10.2. The number of rotatable bonds is 3. The van der Waals surface area contributed by atoms with Crippen LogP contribution in [0.25, 0.3) is 11.3 Å². The molecule has 0 radical (unpaired) electrons. The molecule has 5 nitrogen and oxygen atoms in total. The third-order valence-corrected chi connectivity index (χ3v) is 4.27. The zero-order chi connectivity index (χ0) is 13.9. The summed E-state index contributed by atoms with van der Waals surface area (Å²) in [6.45, 7) is 0. The number of nitrogens with zero attached hydrogens (tertiary/aromatic N) is 2. The first kappa shape index (κ1) is 13.1. The standard InChI is InChI=1S/C13H11N3O2S2/c1-18-9-4-2-8(3-5-9)10-6-19-12(14-10)16-13-15-11(17)7-20-13/h2-6H,7H2,1H3,(H,14,15,16,17).